The van der Waals surface area contributed by atoms with E-state index in [9.17, 15) is 0 Å². The fraction of sp³-hybridized carbons (Fsp3) is 0. The first-order valence-electron chi connectivity index (χ1n) is 9.29. The van der Waals surface area contributed by atoms with Crippen LogP contribution in [0.4, 0.5) is 0 Å². The fourth-order valence-electron chi connectivity index (χ4n) is 4.04. The minimum absolute atomic E-state index is 0.777. The molecule has 0 saturated carbocycles. The molecule has 0 saturated heterocycles. The van der Waals surface area contributed by atoms with Gasteiger partial charge in [-0.05, 0) is 75.1 Å². The van der Waals surface area contributed by atoms with Gasteiger partial charge in [0.1, 0.15) is 0 Å². The van der Waals surface area contributed by atoms with Gasteiger partial charge in [0.15, 0.2) is 0 Å². The molecule has 1 aromatic heterocycles. The van der Waals surface area contributed by atoms with Gasteiger partial charge < -0.3 is 0 Å². The average molecular weight is 395 g/mol. The summed E-state index contributed by atoms with van der Waals surface area (Å²) in [7, 11) is 0. The zero-order valence-electron chi connectivity index (χ0n) is 14.9. The lowest BCUT2D eigenvalue weighted by atomic mass is 9.99. The van der Waals surface area contributed by atoms with Crippen LogP contribution in [0.2, 0.25) is 5.02 Å². The second kappa shape index (κ2) is 6.07. The topological polar surface area (TPSA) is 0 Å². The largest absolute Gasteiger partial charge is 0.135 e. The molecule has 5 aromatic carbocycles. The van der Waals surface area contributed by atoms with Gasteiger partial charge in [-0.2, -0.15) is 0 Å². The minimum atomic E-state index is 0.777. The fourth-order valence-corrected chi connectivity index (χ4v) is 5.34. The van der Waals surface area contributed by atoms with Gasteiger partial charge in [-0.3, -0.25) is 0 Å². The molecule has 0 radical (unpaired) electrons. The van der Waals surface area contributed by atoms with Gasteiger partial charge >= 0.3 is 0 Å². The average Bonchev–Trinajstić information content (AvgIpc) is 3.08. The Kier molecular flexibility index (Phi) is 3.49. The van der Waals surface area contributed by atoms with Crippen molar-refractivity contribution in [1.29, 1.82) is 0 Å². The van der Waals surface area contributed by atoms with Gasteiger partial charge in [0, 0.05) is 25.2 Å². The molecule has 0 aliphatic carbocycles. The lowest BCUT2D eigenvalue weighted by Crippen LogP contribution is -1.80. The van der Waals surface area contributed by atoms with Crippen LogP contribution in [0.3, 0.4) is 0 Å². The van der Waals surface area contributed by atoms with E-state index in [-0.39, 0.29) is 0 Å². The third kappa shape index (κ3) is 2.51. The quantitative estimate of drug-likeness (QED) is 0.261. The highest BCUT2D eigenvalue weighted by molar-refractivity contribution is 7.25. The van der Waals surface area contributed by atoms with E-state index in [1.807, 2.05) is 23.5 Å². The highest BCUT2D eigenvalue weighted by atomic mass is 35.5. The molecule has 2 heteroatoms. The monoisotopic (exact) mass is 394 g/mol. The number of rotatable bonds is 1. The number of halogens is 1. The van der Waals surface area contributed by atoms with Gasteiger partial charge in [0.25, 0.3) is 0 Å². The summed E-state index contributed by atoms with van der Waals surface area (Å²) in [5, 5.41) is 8.43. The van der Waals surface area contributed by atoms with Crippen molar-refractivity contribution in [3.63, 3.8) is 0 Å². The van der Waals surface area contributed by atoms with Crippen LogP contribution in [0.5, 0.6) is 0 Å². The molecule has 0 nitrogen and oxygen atoms in total. The molecule has 0 aliphatic rings. The van der Waals surface area contributed by atoms with Crippen LogP contribution in [0.15, 0.2) is 91.0 Å². The molecular weight excluding hydrogens is 380 g/mol. The Morgan fingerprint density at radius 1 is 0.500 bits per heavy atom. The summed E-state index contributed by atoms with van der Waals surface area (Å²) in [6.45, 7) is 0. The Morgan fingerprint density at radius 3 is 2.04 bits per heavy atom. The minimum Gasteiger partial charge on any atom is -0.135 e. The van der Waals surface area contributed by atoms with E-state index < -0.39 is 0 Å². The molecule has 0 amide bonds. The van der Waals surface area contributed by atoms with Crippen molar-refractivity contribution in [2.24, 2.45) is 0 Å². The highest BCUT2D eigenvalue weighted by Crippen LogP contribution is 2.38. The highest BCUT2D eigenvalue weighted by Gasteiger charge is 2.09. The van der Waals surface area contributed by atoms with Gasteiger partial charge in [-0.15, -0.1) is 11.3 Å². The SMILES string of the molecule is Clc1ccc2cc(-c3ccc4sc5cc6ccccc6cc5c4c3)ccc2c1. The molecule has 28 heavy (non-hydrogen) atoms. The summed E-state index contributed by atoms with van der Waals surface area (Å²) in [6.07, 6.45) is 0. The van der Waals surface area contributed by atoms with Crippen LogP contribution in [-0.2, 0) is 0 Å². The number of thiophene rings is 1. The van der Waals surface area contributed by atoms with Crippen LogP contribution in [0, 0.1) is 0 Å². The smallest absolute Gasteiger partial charge is 0.0412 e. The van der Waals surface area contributed by atoms with Crippen molar-refractivity contribution in [2.45, 2.75) is 0 Å². The summed E-state index contributed by atoms with van der Waals surface area (Å²) in [5.74, 6) is 0. The van der Waals surface area contributed by atoms with E-state index in [0.29, 0.717) is 0 Å². The van der Waals surface area contributed by atoms with Crippen LogP contribution < -0.4 is 0 Å². The third-order valence-electron chi connectivity index (χ3n) is 5.47. The van der Waals surface area contributed by atoms with E-state index in [0.717, 1.165) is 5.02 Å². The van der Waals surface area contributed by atoms with E-state index in [2.05, 4.69) is 78.9 Å². The summed E-state index contributed by atoms with van der Waals surface area (Å²) >= 11 is 8.00. The predicted molar refractivity (Wildman–Crippen MR) is 125 cm³/mol. The number of hydrogen-bond acceptors (Lipinski definition) is 1. The van der Waals surface area contributed by atoms with E-state index >= 15 is 0 Å². The summed E-state index contributed by atoms with van der Waals surface area (Å²) < 4.78 is 2.68. The molecule has 6 rings (SSSR count). The lowest BCUT2D eigenvalue weighted by molar-refractivity contribution is 1.69. The second-order valence-corrected chi connectivity index (χ2v) is 8.73. The Labute approximate surface area is 171 Å². The Balaban J connectivity index is 1.58. The second-order valence-electron chi connectivity index (χ2n) is 7.21. The number of hydrogen-bond donors (Lipinski definition) is 0. The summed E-state index contributed by atoms with van der Waals surface area (Å²) in [5.41, 5.74) is 2.48. The molecule has 0 fully saturated rings. The van der Waals surface area contributed by atoms with E-state index in [4.69, 9.17) is 11.6 Å². The first-order chi connectivity index (χ1) is 13.7. The first kappa shape index (κ1) is 16.1. The Hall–Kier alpha value is -2.87. The molecule has 132 valence electrons. The maximum atomic E-state index is 6.13. The van der Waals surface area contributed by atoms with Crippen LogP contribution in [-0.4, -0.2) is 0 Å². The molecule has 6 aromatic rings. The molecule has 0 N–H and O–H groups in total. The molecule has 0 bridgehead atoms. The van der Waals surface area contributed by atoms with Crippen molar-refractivity contribution >= 4 is 64.7 Å². The first-order valence-corrected chi connectivity index (χ1v) is 10.5. The Bertz CT molecular complexity index is 1520. The summed E-state index contributed by atoms with van der Waals surface area (Å²) in [4.78, 5) is 0. The van der Waals surface area contributed by atoms with Crippen LogP contribution in [0.25, 0.3) is 52.8 Å². The van der Waals surface area contributed by atoms with Crippen molar-refractivity contribution in [3.8, 4) is 11.1 Å². The number of benzene rings is 5. The summed E-state index contributed by atoms with van der Waals surface area (Å²) in [6, 6.07) is 32.7. The van der Waals surface area contributed by atoms with Crippen LogP contribution in [0.1, 0.15) is 0 Å². The van der Waals surface area contributed by atoms with Crippen molar-refractivity contribution in [3.05, 3.63) is 96.0 Å². The lowest BCUT2D eigenvalue weighted by Gasteiger charge is -2.06. The maximum absolute atomic E-state index is 6.13. The van der Waals surface area contributed by atoms with E-state index in [1.165, 1.54) is 52.8 Å². The standard InChI is InChI=1S/C26H15ClS/c27-22-9-7-19-11-18(5-6-20(19)12-22)21-8-10-25-23(14-21)24-13-16-3-1-2-4-17(16)15-26(24)28-25/h1-15H. The van der Waals surface area contributed by atoms with E-state index in [1.54, 1.807) is 0 Å². The molecule has 0 atom stereocenters. The van der Waals surface area contributed by atoms with Gasteiger partial charge in [0.05, 0.1) is 0 Å². The van der Waals surface area contributed by atoms with Crippen LogP contribution >= 0.6 is 22.9 Å². The third-order valence-corrected chi connectivity index (χ3v) is 6.84. The number of fused-ring (bicyclic) bond motifs is 5. The molecule has 0 unspecified atom stereocenters. The predicted octanol–water partition coefficient (Wildman–Crippen LogP) is 8.68. The molecule has 1 heterocycles. The van der Waals surface area contributed by atoms with Crippen molar-refractivity contribution in [2.75, 3.05) is 0 Å². The molecule has 0 aliphatic heterocycles. The maximum Gasteiger partial charge on any atom is 0.0412 e. The van der Waals surface area contributed by atoms with Gasteiger partial charge in [-0.25, -0.2) is 0 Å². The molecule has 0 spiro atoms. The zero-order chi connectivity index (χ0) is 18.7. The molecular formula is C26H15ClS. The van der Waals surface area contributed by atoms with Gasteiger partial charge in [0.2, 0.25) is 0 Å². The normalized spacial score (nSPS) is 11.8. The Morgan fingerprint density at radius 2 is 1.14 bits per heavy atom. The van der Waals surface area contributed by atoms with Crippen molar-refractivity contribution in [1.82, 2.24) is 0 Å². The van der Waals surface area contributed by atoms with Gasteiger partial charge in [-0.1, -0.05) is 60.1 Å². The van der Waals surface area contributed by atoms with Crippen molar-refractivity contribution < 1.29 is 0 Å². The zero-order valence-corrected chi connectivity index (χ0v) is 16.5.